The first-order chi connectivity index (χ1) is 12.8. The van der Waals surface area contributed by atoms with Crippen LogP contribution in [0.3, 0.4) is 0 Å². The Hall–Kier alpha value is -2.46. The summed E-state index contributed by atoms with van der Waals surface area (Å²) < 4.78 is 5.45. The van der Waals surface area contributed by atoms with Crippen molar-refractivity contribution in [3.8, 4) is 0 Å². The molecule has 5 heteroatoms. The number of H-pyrrole nitrogens is 1. The number of alkyl carbamates (subject to hydrolysis) is 1. The van der Waals surface area contributed by atoms with Crippen molar-refractivity contribution in [1.82, 2.24) is 10.3 Å². The van der Waals surface area contributed by atoms with Crippen LogP contribution < -0.4 is 5.32 Å². The van der Waals surface area contributed by atoms with E-state index in [1.54, 1.807) is 0 Å². The van der Waals surface area contributed by atoms with E-state index >= 15 is 0 Å². The van der Waals surface area contributed by atoms with Crippen molar-refractivity contribution in [1.29, 1.82) is 0 Å². The van der Waals surface area contributed by atoms with E-state index in [2.05, 4.69) is 22.4 Å². The summed E-state index contributed by atoms with van der Waals surface area (Å²) in [6.07, 6.45) is 2.97. The predicted molar refractivity (Wildman–Crippen MR) is 110 cm³/mol. The van der Waals surface area contributed by atoms with Gasteiger partial charge in [-0.25, -0.2) is 4.79 Å². The third kappa shape index (κ3) is 5.51. The van der Waals surface area contributed by atoms with Gasteiger partial charge in [0.15, 0.2) is 0 Å². The monoisotopic (exact) mass is 384 g/mol. The Kier molecular flexibility index (Phi) is 5.76. The molecule has 142 valence electrons. The molecular weight excluding hydrogens is 360 g/mol. The van der Waals surface area contributed by atoms with Gasteiger partial charge >= 0.3 is 6.09 Å². The van der Waals surface area contributed by atoms with Crippen molar-refractivity contribution in [2.75, 3.05) is 0 Å². The molecule has 3 aromatic rings. The first-order valence-electron chi connectivity index (χ1n) is 9.09. The number of halogens is 1. The van der Waals surface area contributed by atoms with Gasteiger partial charge in [-0.15, -0.1) is 0 Å². The largest absolute Gasteiger partial charge is 0.444 e. The highest BCUT2D eigenvalue weighted by atomic mass is 35.5. The van der Waals surface area contributed by atoms with Gasteiger partial charge in [-0.2, -0.15) is 0 Å². The highest BCUT2D eigenvalue weighted by Gasteiger charge is 2.21. The topological polar surface area (TPSA) is 54.1 Å². The fraction of sp³-hybridized carbons (Fsp3) is 0.318. The molecule has 0 unspecified atom stereocenters. The van der Waals surface area contributed by atoms with Crippen molar-refractivity contribution in [2.24, 2.45) is 0 Å². The summed E-state index contributed by atoms with van der Waals surface area (Å²) in [4.78, 5) is 15.6. The quantitative estimate of drug-likeness (QED) is 0.610. The standard InChI is InChI=1S/C22H25ClN2O2/c1-22(2,3)27-21(26)25-18(11-15-7-5-4-6-8-15)12-16-14-24-20-10-9-17(23)13-19(16)20/h4-10,13-14,18,24H,11-12H2,1-3H3,(H,25,26)/t18-/m1/s1. The number of fused-ring (bicyclic) bond motifs is 1. The first-order valence-corrected chi connectivity index (χ1v) is 9.47. The highest BCUT2D eigenvalue weighted by molar-refractivity contribution is 6.31. The molecule has 1 amide bonds. The predicted octanol–water partition coefficient (Wildman–Crippen LogP) is 5.50. The molecule has 4 nitrogen and oxygen atoms in total. The molecule has 27 heavy (non-hydrogen) atoms. The van der Waals surface area contributed by atoms with Gasteiger partial charge in [-0.3, -0.25) is 0 Å². The van der Waals surface area contributed by atoms with Crippen LogP contribution in [0.4, 0.5) is 4.79 Å². The van der Waals surface area contributed by atoms with Crippen molar-refractivity contribution < 1.29 is 9.53 Å². The van der Waals surface area contributed by atoms with Crippen LogP contribution in [0, 0.1) is 0 Å². The molecule has 2 aromatic carbocycles. The van der Waals surface area contributed by atoms with Crippen LogP contribution in [0.1, 0.15) is 31.9 Å². The summed E-state index contributed by atoms with van der Waals surface area (Å²) in [6.45, 7) is 5.58. The molecule has 0 aliphatic carbocycles. The Bertz CT molecular complexity index is 913. The summed E-state index contributed by atoms with van der Waals surface area (Å²) in [5.74, 6) is 0. The summed E-state index contributed by atoms with van der Waals surface area (Å²) in [5.41, 5.74) is 2.78. The lowest BCUT2D eigenvalue weighted by molar-refractivity contribution is 0.0504. The molecule has 2 N–H and O–H groups in total. The minimum absolute atomic E-state index is 0.0970. The normalized spacial score (nSPS) is 12.7. The zero-order chi connectivity index (χ0) is 19.4. The van der Waals surface area contributed by atoms with Crippen molar-refractivity contribution in [3.63, 3.8) is 0 Å². The van der Waals surface area contributed by atoms with Gasteiger partial charge in [0.2, 0.25) is 0 Å². The van der Waals surface area contributed by atoms with Gasteiger partial charge in [0.25, 0.3) is 0 Å². The number of amides is 1. The highest BCUT2D eigenvalue weighted by Crippen LogP contribution is 2.24. The molecule has 3 rings (SSSR count). The third-order valence-electron chi connectivity index (χ3n) is 4.24. The van der Waals surface area contributed by atoms with Gasteiger partial charge in [0, 0.05) is 28.2 Å². The first kappa shape index (κ1) is 19.3. The molecule has 1 heterocycles. The molecule has 0 saturated carbocycles. The smallest absolute Gasteiger partial charge is 0.407 e. The zero-order valence-corrected chi connectivity index (χ0v) is 16.6. The van der Waals surface area contributed by atoms with E-state index in [4.69, 9.17) is 16.3 Å². The van der Waals surface area contributed by atoms with E-state index in [0.717, 1.165) is 22.0 Å². The number of nitrogens with one attached hydrogen (secondary N) is 2. The van der Waals surface area contributed by atoms with E-state index in [1.807, 2.05) is 63.4 Å². The molecule has 0 saturated heterocycles. The number of carbonyl (C=O) groups excluding carboxylic acids is 1. The lowest BCUT2D eigenvalue weighted by Crippen LogP contribution is -2.41. The minimum atomic E-state index is -0.532. The molecule has 0 spiro atoms. The van der Waals surface area contributed by atoms with Gasteiger partial charge in [-0.05, 0) is 62.9 Å². The van der Waals surface area contributed by atoms with Gasteiger partial charge in [0.05, 0.1) is 0 Å². The SMILES string of the molecule is CC(C)(C)OC(=O)N[C@H](Cc1ccccc1)Cc1c[nH]c2ccc(Cl)cc12. The van der Waals surface area contributed by atoms with Crippen molar-refractivity contribution >= 4 is 28.6 Å². The molecular formula is C22H25ClN2O2. The number of benzene rings is 2. The minimum Gasteiger partial charge on any atom is -0.444 e. The Labute approximate surface area is 164 Å². The van der Waals surface area contributed by atoms with Crippen molar-refractivity contribution in [3.05, 3.63) is 70.9 Å². The fourth-order valence-corrected chi connectivity index (χ4v) is 3.30. The van der Waals surface area contributed by atoms with Crippen LogP contribution in [0.15, 0.2) is 54.7 Å². The van der Waals surface area contributed by atoms with Gasteiger partial charge in [0.1, 0.15) is 5.60 Å². The summed E-state index contributed by atoms with van der Waals surface area (Å²) in [7, 11) is 0. The summed E-state index contributed by atoms with van der Waals surface area (Å²) in [5, 5.41) is 4.80. The maximum Gasteiger partial charge on any atom is 0.407 e. The number of aromatic amines is 1. The number of ether oxygens (including phenoxy) is 1. The second kappa shape index (κ2) is 8.05. The number of hydrogen-bond acceptors (Lipinski definition) is 2. The number of rotatable bonds is 5. The van der Waals surface area contributed by atoms with E-state index in [1.165, 1.54) is 0 Å². The Morgan fingerprint density at radius 2 is 1.89 bits per heavy atom. The van der Waals surface area contributed by atoms with E-state index in [9.17, 15) is 4.79 Å². The van der Waals surface area contributed by atoms with E-state index < -0.39 is 11.7 Å². The lowest BCUT2D eigenvalue weighted by Gasteiger charge is -2.24. The molecule has 0 radical (unpaired) electrons. The number of carbonyl (C=O) groups is 1. The maximum absolute atomic E-state index is 12.3. The molecule has 1 atom stereocenters. The fourth-order valence-electron chi connectivity index (χ4n) is 3.13. The van der Waals surface area contributed by atoms with Crippen LogP contribution in [0.2, 0.25) is 5.02 Å². The number of hydrogen-bond donors (Lipinski definition) is 2. The molecule has 1 aromatic heterocycles. The van der Waals surface area contributed by atoms with E-state index in [-0.39, 0.29) is 6.04 Å². The molecule has 0 aliphatic rings. The second-order valence-electron chi connectivity index (χ2n) is 7.74. The van der Waals surface area contributed by atoms with Crippen LogP contribution in [0.5, 0.6) is 0 Å². The zero-order valence-electron chi connectivity index (χ0n) is 15.9. The Morgan fingerprint density at radius 1 is 1.15 bits per heavy atom. The third-order valence-corrected chi connectivity index (χ3v) is 4.48. The summed E-state index contributed by atoms with van der Waals surface area (Å²) in [6, 6.07) is 15.8. The van der Waals surface area contributed by atoms with Gasteiger partial charge in [-0.1, -0.05) is 41.9 Å². The Balaban J connectivity index is 1.82. The molecule has 0 aliphatic heterocycles. The lowest BCUT2D eigenvalue weighted by atomic mass is 9.98. The molecule has 0 bridgehead atoms. The van der Waals surface area contributed by atoms with Crippen molar-refractivity contribution in [2.45, 2.75) is 45.3 Å². The maximum atomic E-state index is 12.3. The van der Waals surface area contributed by atoms with Crippen LogP contribution >= 0.6 is 11.6 Å². The summed E-state index contributed by atoms with van der Waals surface area (Å²) >= 11 is 6.17. The average Bonchev–Trinajstić information content (AvgIpc) is 2.96. The number of aromatic nitrogens is 1. The van der Waals surface area contributed by atoms with Crippen LogP contribution in [-0.4, -0.2) is 22.7 Å². The Morgan fingerprint density at radius 3 is 2.59 bits per heavy atom. The molecule has 0 fully saturated rings. The van der Waals surface area contributed by atoms with E-state index in [0.29, 0.717) is 17.9 Å². The van der Waals surface area contributed by atoms with Crippen LogP contribution in [0.25, 0.3) is 10.9 Å². The second-order valence-corrected chi connectivity index (χ2v) is 8.18. The van der Waals surface area contributed by atoms with Gasteiger partial charge < -0.3 is 15.0 Å². The van der Waals surface area contributed by atoms with Crippen LogP contribution in [-0.2, 0) is 17.6 Å². The average molecular weight is 385 g/mol.